The third-order valence-electron chi connectivity index (χ3n) is 6.56. The Morgan fingerprint density at radius 1 is 0.854 bits per heavy atom. The molecular weight excluding hydrogens is 516 g/mol. The van der Waals surface area contributed by atoms with Gasteiger partial charge in [0.2, 0.25) is 11.8 Å². The Morgan fingerprint density at radius 2 is 1.49 bits per heavy atom. The zero-order valence-corrected chi connectivity index (χ0v) is 22.8. The molecule has 0 aliphatic carbocycles. The molecule has 0 saturated heterocycles. The number of rotatable bonds is 13. The molecule has 1 aromatic heterocycles. The van der Waals surface area contributed by atoms with Crippen LogP contribution in [0, 0.1) is 0 Å². The van der Waals surface area contributed by atoms with Crippen molar-refractivity contribution in [3.05, 3.63) is 102 Å². The number of aromatic nitrogens is 2. The van der Waals surface area contributed by atoms with Gasteiger partial charge in [-0.2, -0.15) is 0 Å². The molecule has 0 saturated carbocycles. The molecule has 0 spiro atoms. The van der Waals surface area contributed by atoms with E-state index in [9.17, 15) is 9.59 Å². The number of carbonyl (C=O) groups is 2. The topological polar surface area (TPSA) is 177 Å². The average molecular weight is 553 g/mol. The van der Waals surface area contributed by atoms with Crippen LogP contribution >= 0.6 is 0 Å². The van der Waals surface area contributed by atoms with Crippen molar-refractivity contribution in [2.24, 2.45) is 22.2 Å². The van der Waals surface area contributed by atoms with E-state index in [0.29, 0.717) is 37.4 Å². The fourth-order valence-electron chi connectivity index (χ4n) is 4.35. The van der Waals surface area contributed by atoms with Crippen molar-refractivity contribution < 1.29 is 9.59 Å². The fraction of sp³-hybridized carbons (Fsp3) is 0.226. The van der Waals surface area contributed by atoms with Crippen molar-refractivity contribution >= 4 is 17.8 Å². The van der Waals surface area contributed by atoms with Crippen LogP contribution in [0.15, 0.2) is 96.1 Å². The third-order valence-corrected chi connectivity index (χ3v) is 6.56. The van der Waals surface area contributed by atoms with E-state index in [1.54, 1.807) is 6.20 Å². The highest BCUT2D eigenvalue weighted by Crippen LogP contribution is 2.23. The highest BCUT2D eigenvalue weighted by Gasteiger charge is 2.24. The number of guanidine groups is 1. The molecule has 9 N–H and O–H groups in total. The van der Waals surface area contributed by atoms with Gasteiger partial charge in [0.1, 0.15) is 11.9 Å². The highest BCUT2D eigenvalue weighted by atomic mass is 16.2. The minimum atomic E-state index is -0.883. The summed E-state index contributed by atoms with van der Waals surface area (Å²) in [5.41, 5.74) is 21.9. The number of benzene rings is 3. The Morgan fingerprint density at radius 3 is 2.17 bits per heavy atom. The molecule has 212 valence electrons. The van der Waals surface area contributed by atoms with E-state index in [1.807, 2.05) is 72.8 Å². The Balaban J connectivity index is 1.35. The van der Waals surface area contributed by atoms with E-state index in [1.165, 1.54) is 0 Å². The number of nitrogens with two attached hydrogens (primary N) is 3. The molecule has 0 aliphatic rings. The molecule has 0 radical (unpaired) electrons. The summed E-state index contributed by atoms with van der Waals surface area (Å²) < 4.78 is 0. The number of aliphatic imine (C=N–C) groups is 1. The van der Waals surface area contributed by atoms with E-state index in [-0.39, 0.29) is 18.3 Å². The van der Waals surface area contributed by atoms with Crippen molar-refractivity contribution in [2.45, 2.75) is 37.9 Å². The lowest BCUT2D eigenvalue weighted by Crippen LogP contribution is -2.52. The van der Waals surface area contributed by atoms with E-state index in [4.69, 9.17) is 17.2 Å². The number of aromatic amines is 1. The summed E-state index contributed by atoms with van der Waals surface area (Å²) in [5.74, 6) is -0.0748. The number of nitrogens with zero attached hydrogens (tertiary/aromatic N) is 2. The predicted molar refractivity (Wildman–Crippen MR) is 161 cm³/mol. The van der Waals surface area contributed by atoms with Crippen LogP contribution in [-0.2, 0) is 22.6 Å². The zero-order chi connectivity index (χ0) is 29.0. The Bertz CT molecular complexity index is 1430. The predicted octanol–water partition coefficient (Wildman–Crippen LogP) is 2.47. The van der Waals surface area contributed by atoms with Crippen LogP contribution in [0.5, 0.6) is 0 Å². The lowest BCUT2D eigenvalue weighted by Gasteiger charge is -2.20. The van der Waals surface area contributed by atoms with Crippen LogP contribution < -0.4 is 27.8 Å². The summed E-state index contributed by atoms with van der Waals surface area (Å²) in [5, 5.41) is 5.68. The van der Waals surface area contributed by atoms with Gasteiger partial charge in [-0.05, 0) is 29.5 Å². The summed E-state index contributed by atoms with van der Waals surface area (Å²) in [6, 6.07) is 26.1. The molecule has 1 heterocycles. The summed E-state index contributed by atoms with van der Waals surface area (Å²) in [6.07, 6.45) is 2.76. The second-order valence-electron chi connectivity index (χ2n) is 9.72. The maximum absolute atomic E-state index is 13.0. The van der Waals surface area contributed by atoms with Gasteiger partial charge in [0.25, 0.3) is 0 Å². The lowest BCUT2D eigenvalue weighted by atomic mass is 10.0. The number of carbonyl (C=O) groups excluding carboxylic acids is 2. The van der Waals surface area contributed by atoms with Gasteiger partial charge in [-0.3, -0.25) is 14.6 Å². The number of imidazole rings is 1. The van der Waals surface area contributed by atoms with Crippen LogP contribution in [0.25, 0.3) is 22.5 Å². The van der Waals surface area contributed by atoms with E-state index < -0.39 is 18.0 Å². The quantitative estimate of drug-likeness (QED) is 0.0843. The van der Waals surface area contributed by atoms with Gasteiger partial charge in [-0.25, -0.2) is 4.98 Å². The average Bonchev–Trinajstić information content (AvgIpc) is 3.46. The van der Waals surface area contributed by atoms with Gasteiger partial charge in [0.05, 0.1) is 6.04 Å². The molecule has 0 fully saturated rings. The molecule has 0 unspecified atom stereocenters. The van der Waals surface area contributed by atoms with Gasteiger partial charge >= 0.3 is 0 Å². The lowest BCUT2D eigenvalue weighted by molar-refractivity contribution is -0.129. The van der Waals surface area contributed by atoms with Crippen LogP contribution in [0.3, 0.4) is 0 Å². The first-order valence-electron chi connectivity index (χ1n) is 13.5. The van der Waals surface area contributed by atoms with Crippen LogP contribution in [0.4, 0.5) is 0 Å². The second kappa shape index (κ2) is 14.4. The molecule has 4 rings (SSSR count). The molecule has 2 atom stereocenters. The van der Waals surface area contributed by atoms with Crippen molar-refractivity contribution in [1.29, 1.82) is 0 Å². The van der Waals surface area contributed by atoms with Crippen molar-refractivity contribution in [1.82, 2.24) is 20.6 Å². The van der Waals surface area contributed by atoms with Crippen molar-refractivity contribution in [3.63, 3.8) is 0 Å². The van der Waals surface area contributed by atoms with Gasteiger partial charge < -0.3 is 32.8 Å². The van der Waals surface area contributed by atoms with Crippen molar-refractivity contribution in [3.8, 4) is 22.5 Å². The summed E-state index contributed by atoms with van der Waals surface area (Å²) >= 11 is 0. The van der Waals surface area contributed by atoms with Gasteiger partial charge in [0.15, 0.2) is 5.96 Å². The number of hydrogen-bond donors (Lipinski definition) is 6. The molecular formula is C31H36N8O2. The SMILES string of the molecule is NC(N)=NCCC[C@H](NC(=O)[C@@H](N)Cc1cnc(-c2ccc(-c3ccccc3)cc2)[nH]1)C(=O)NCc1ccccc1. The number of amides is 2. The van der Waals surface area contributed by atoms with Gasteiger partial charge in [-0.1, -0.05) is 84.9 Å². The van der Waals surface area contributed by atoms with Crippen LogP contribution in [-0.4, -0.2) is 46.4 Å². The van der Waals surface area contributed by atoms with Crippen LogP contribution in [0.2, 0.25) is 0 Å². The Hall–Kier alpha value is -4.96. The molecule has 2 amide bonds. The monoisotopic (exact) mass is 552 g/mol. The first-order chi connectivity index (χ1) is 19.9. The van der Waals surface area contributed by atoms with Gasteiger partial charge in [0, 0.05) is 37.0 Å². The maximum Gasteiger partial charge on any atom is 0.242 e. The van der Waals surface area contributed by atoms with E-state index in [2.05, 4.69) is 37.7 Å². The molecule has 10 nitrogen and oxygen atoms in total. The largest absolute Gasteiger partial charge is 0.370 e. The molecule has 3 aromatic carbocycles. The number of nitrogens with one attached hydrogen (secondary N) is 3. The highest BCUT2D eigenvalue weighted by molar-refractivity contribution is 5.89. The summed E-state index contributed by atoms with van der Waals surface area (Å²) in [6.45, 7) is 0.686. The third kappa shape index (κ3) is 8.77. The maximum atomic E-state index is 13.0. The molecule has 4 aromatic rings. The summed E-state index contributed by atoms with van der Waals surface area (Å²) in [7, 11) is 0. The van der Waals surface area contributed by atoms with Crippen LogP contribution in [0.1, 0.15) is 24.1 Å². The number of hydrogen-bond acceptors (Lipinski definition) is 5. The minimum Gasteiger partial charge on any atom is -0.370 e. The fourth-order valence-corrected chi connectivity index (χ4v) is 4.35. The van der Waals surface area contributed by atoms with E-state index >= 15 is 0 Å². The molecule has 0 aliphatic heterocycles. The molecule has 0 bridgehead atoms. The zero-order valence-electron chi connectivity index (χ0n) is 22.8. The number of H-pyrrole nitrogens is 1. The smallest absolute Gasteiger partial charge is 0.242 e. The normalized spacial score (nSPS) is 12.2. The van der Waals surface area contributed by atoms with E-state index in [0.717, 1.165) is 22.3 Å². The Kier molecular flexibility index (Phi) is 10.2. The standard InChI is InChI=1S/C31H36N8O2/c32-26(18-25-20-36-28(38-25)24-15-13-23(14-16-24)22-10-5-2-6-11-22)29(40)39-27(12-7-17-35-31(33)34)30(41)37-19-21-8-3-1-4-9-21/h1-6,8-11,13-16,20,26-27H,7,12,17-19,32H2,(H,36,38)(H,37,41)(H,39,40)(H4,33,34,35)/t26-,27-/m0/s1. The molecule has 41 heavy (non-hydrogen) atoms. The molecule has 10 heteroatoms. The van der Waals surface area contributed by atoms with Gasteiger partial charge in [-0.15, -0.1) is 0 Å². The van der Waals surface area contributed by atoms with Crippen molar-refractivity contribution in [2.75, 3.05) is 6.54 Å². The Labute approximate surface area is 239 Å². The first kappa shape index (κ1) is 29.0. The minimum absolute atomic E-state index is 0.0211. The second-order valence-corrected chi connectivity index (χ2v) is 9.72. The first-order valence-corrected chi connectivity index (χ1v) is 13.5. The summed E-state index contributed by atoms with van der Waals surface area (Å²) in [4.78, 5) is 37.7.